The topological polar surface area (TPSA) is 38.1 Å². The Hall–Kier alpha value is -1.84. The average Bonchev–Trinajstić information content (AvgIpc) is 3.16. The highest BCUT2D eigenvalue weighted by Gasteiger charge is 2.33. The Labute approximate surface area is 138 Å². The molecule has 1 atom stereocenters. The lowest BCUT2D eigenvalue weighted by molar-refractivity contribution is -0.132. The van der Waals surface area contributed by atoms with E-state index in [2.05, 4.69) is 48.4 Å². The van der Waals surface area contributed by atoms with Gasteiger partial charge in [-0.05, 0) is 44.2 Å². The molecular formula is C19H27N3O. The zero-order valence-corrected chi connectivity index (χ0v) is 14.5. The van der Waals surface area contributed by atoms with Gasteiger partial charge in [-0.3, -0.25) is 4.79 Å². The molecule has 0 saturated carbocycles. The number of benzene rings is 1. The molecule has 1 saturated heterocycles. The fraction of sp³-hybridized carbons (Fsp3) is 0.579. The predicted octanol–water partition coefficient (Wildman–Crippen LogP) is 4.16. The van der Waals surface area contributed by atoms with E-state index >= 15 is 0 Å². The maximum atomic E-state index is 12.6. The van der Waals surface area contributed by atoms with Gasteiger partial charge in [0.05, 0.1) is 17.1 Å². The van der Waals surface area contributed by atoms with Crippen molar-refractivity contribution >= 4 is 16.9 Å². The number of amides is 1. The molecule has 4 heteroatoms. The van der Waals surface area contributed by atoms with Crippen LogP contribution in [0.1, 0.15) is 58.3 Å². The van der Waals surface area contributed by atoms with Gasteiger partial charge in [0.1, 0.15) is 5.82 Å². The highest BCUT2D eigenvalue weighted by atomic mass is 16.2. The number of aromatic nitrogens is 2. The summed E-state index contributed by atoms with van der Waals surface area (Å²) in [4.78, 5) is 19.6. The van der Waals surface area contributed by atoms with Crippen molar-refractivity contribution in [1.29, 1.82) is 0 Å². The Morgan fingerprint density at radius 1 is 1.35 bits per heavy atom. The number of rotatable bonds is 5. The van der Waals surface area contributed by atoms with Crippen LogP contribution in [0, 0.1) is 5.92 Å². The summed E-state index contributed by atoms with van der Waals surface area (Å²) in [6, 6.07) is 8.40. The fourth-order valence-electron chi connectivity index (χ4n) is 3.57. The van der Waals surface area contributed by atoms with Crippen LogP contribution in [0.4, 0.5) is 0 Å². The van der Waals surface area contributed by atoms with Gasteiger partial charge in [0.2, 0.25) is 5.91 Å². The number of aryl methyl sites for hydroxylation is 1. The number of carbonyl (C=O) groups is 1. The molecule has 0 N–H and O–H groups in total. The van der Waals surface area contributed by atoms with Crippen molar-refractivity contribution in [2.75, 3.05) is 6.54 Å². The second-order valence-electron chi connectivity index (χ2n) is 6.88. The normalized spacial score (nSPS) is 18.3. The van der Waals surface area contributed by atoms with Crippen molar-refractivity contribution < 1.29 is 4.79 Å². The minimum atomic E-state index is 0.141. The molecule has 124 valence electrons. The van der Waals surface area contributed by atoms with E-state index < -0.39 is 0 Å². The Kier molecular flexibility index (Phi) is 4.69. The van der Waals surface area contributed by atoms with Crippen LogP contribution in [0.25, 0.3) is 11.0 Å². The summed E-state index contributed by atoms with van der Waals surface area (Å²) in [5, 5.41) is 0. The van der Waals surface area contributed by atoms with Crippen molar-refractivity contribution in [3.8, 4) is 0 Å². The molecular weight excluding hydrogens is 286 g/mol. The molecule has 1 fully saturated rings. The molecule has 1 aliphatic heterocycles. The van der Waals surface area contributed by atoms with Gasteiger partial charge in [-0.25, -0.2) is 4.98 Å². The van der Waals surface area contributed by atoms with Gasteiger partial charge >= 0.3 is 0 Å². The fourth-order valence-corrected chi connectivity index (χ4v) is 3.57. The quantitative estimate of drug-likeness (QED) is 0.831. The van der Waals surface area contributed by atoms with Gasteiger partial charge in [0.15, 0.2) is 0 Å². The molecule has 2 heterocycles. The van der Waals surface area contributed by atoms with Crippen LogP contribution >= 0.6 is 0 Å². The van der Waals surface area contributed by atoms with Crippen LogP contribution in [0.15, 0.2) is 24.3 Å². The molecule has 23 heavy (non-hydrogen) atoms. The SMILES string of the molecule is CCn1c([C@H]2CCCN2C(=O)CCC(C)C)nc2ccccc21. The second-order valence-corrected chi connectivity index (χ2v) is 6.88. The zero-order valence-electron chi connectivity index (χ0n) is 14.5. The Morgan fingerprint density at radius 2 is 2.13 bits per heavy atom. The molecule has 0 aliphatic carbocycles. The number of para-hydroxylation sites is 2. The molecule has 3 rings (SSSR count). The van der Waals surface area contributed by atoms with Gasteiger partial charge < -0.3 is 9.47 Å². The van der Waals surface area contributed by atoms with Gasteiger partial charge in [0, 0.05) is 19.5 Å². The Bertz CT molecular complexity index is 689. The van der Waals surface area contributed by atoms with E-state index in [9.17, 15) is 4.79 Å². The van der Waals surface area contributed by atoms with E-state index in [0.29, 0.717) is 12.3 Å². The third-order valence-corrected chi connectivity index (χ3v) is 4.81. The third kappa shape index (κ3) is 3.12. The first-order valence-electron chi connectivity index (χ1n) is 8.86. The van der Waals surface area contributed by atoms with Gasteiger partial charge in [-0.1, -0.05) is 26.0 Å². The van der Waals surface area contributed by atoms with Crippen molar-refractivity contribution in [3.05, 3.63) is 30.1 Å². The molecule has 2 aromatic rings. The Balaban J connectivity index is 1.89. The first-order valence-corrected chi connectivity index (χ1v) is 8.86. The second kappa shape index (κ2) is 6.73. The predicted molar refractivity (Wildman–Crippen MR) is 93.2 cm³/mol. The van der Waals surface area contributed by atoms with Crippen molar-refractivity contribution in [2.45, 2.75) is 59.0 Å². The zero-order chi connectivity index (χ0) is 16.4. The molecule has 1 amide bonds. The minimum Gasteiger partial charge on any atom is -0.333 e. The lowest BCUT2D eigenvalue weighted by Crippen LogP contribution is -2.32. The van der Waals surface area contributed by atoms with E-state index in [4.69, 9.17) is 4.98 Å². The van der Waals surface area contributed by atoms with Crippen LogP contribution in [0.2, 0.25) is 0 Å². The molecule has 0 bridgehead atoms. The molecule has 1 aromatic carbocycles. The van der Waals surface area contributed by atoms with Crippen LogP contribution in [-0.4, -0.2) is 26.9 Å². The van der Waals surface area contributed by atoms with Crippen LogP contribution in [-0.2, 0) is 11.3 Å². The maximum Gasteiger partial charge on any atom is 0.223 e. The summed E-state index contributed by atoms with van der Waals surface area (Å²) < 4.78 is 2.27. The molecule has 0 radical (unpaired) electrons. The monoisotopic (exact) mass is 313 g/mol. The highest BCUT2D eigenvalue weighted by molar-refractivity contribution is 5.78. The summed E-state index contributed by atoms with van der Waals surface area (Å²) in [5.74, 6) is 1.92. The number of nitrogens with zero attached hydrogens (tertiary/aromatic N) is 3. The maximum absolute atomic E-state index is 12.6. The Morgan fingerprint density at radius 3 is 2.87 bits per heavy atom. The molecule has 0 unspecified atom stereocenters. The molecule has 4 nitrogen and oxygen atoms in total. The number of carbonyl (C=O) groups excluding carboxylic acids is 1. The largest absolute Gasteiger partial charge is 0.333 e. The van der Waals surface area contributed by atoms with Crippen LogP contribution < -0.4 is 0 Å². The van der Waals surface area contributed by atoms with Crippen LogP contribution in [0.5, 0.6) is 0 Å². The molecule has 0 spiro atoms. The van der Waals surface area contributed by atoms with Crippen molar-refractivity contribution in [2.24, 2.45) is 5.92 Å². The summed E-state index contributed by atoms with van der Waals surface area (Å²) in [5.41, 5.74) is 2.21. The van der Waals surface area contributed by atoms with Crippen molar-refractivity contribution in [1.82, 2.24) is 14.5 Å². The standard InChI is InChI=1S/C19H27N3O/c1-4-21-16-9-6-5-8-15(16)20-19(21)17-10-7-13-22(17)18(23)12-11-14(2)3/h5-6,8-9,14,17H,4,7,10-13H2,1-3H3/t17-/m1/s1. The van der Waals surface area contributed by atoms with Gasteiger partial charge in [0.25, 0.3) is 0 Å². The average molecular weight is 313 g/mol. The number of hydrogen-bond donors (Lipinski definition) is 0. The van der Waals surface area contributed by atoms with Gasteiger partial charge in [-0.2, -0.15) is 0 Å². The number of hydrogen-bond acceptors (Lipinski definition) is 2. The van der Waals surface area contributed by atoms with E-state index in [1.807, 2.05) is 6.07 Å². The lowest BCUT2D eigenvalue weighted by Gasteiger charge is -2.25. The van der Waals surface area contributed by atoms with Gasteiger partial charge in [-0.15, -0.1) is 0 Å². The van der Waals surface area contributed by atoms with E-state index in [-0.39, 0.29) is 11.9 Å². The highest BCUT2D eigenvalue weighted by Crippen LogP contribution is 2.34. The number of likely N-dealkylation sites (tertiary alicyclic amines) is 1. The number of fused-ring (bicyclic) bond motifs is 1. The smallest absolute Gasteiger partial charge is 0.223 e. The summed E-state index contributed by atoms with van der Waals surface area (Å²) in [6.07, 6.45) is 3.72. The molecule has 1 aromatic heterocycles. The molecule has 1 aliphatic rings. The van der Waals surface area contributed by atoms with Crippen LogP contribution in [0.3, 0.4) is 0 Å². The summed E-state index contributed by atoms with van der Waals surface area (Å²) in [6.45, 7) is 8.25. The number of imidazole rings is 1. The third-order valence-electron chi connectivity index (χ3n) is 4.81. The first-order chi connectivity index (χ1) is 11.1. The first kappa shape index (κ1) is 16.0. The summed E-state index contributed by atoms with van der Waals surface area (Å²) in [7, 11) is 0. The van der Waals surface area contributed by atoms with E-state index in [1.165, 1.54) is 5.52 Å². The van der Waals surface area contributed by atoms with Crippen molar-refractivity contribution in [3.63, 3.8) is 0 Å². The lowest BCUT2D eigenvalue weighted by atomic mass is 10.1. The minimum absolute atomic E-state index is 0.141. The summed E-state index contributed by atoms with van der Waals surface area (Å²) >= 11 is 0. The van der Waals surface area contributed by atoms with E-state index in [1.54, 1.807) is 0 Å². The van der Waals surface area contributed by atoms with E-state index in [0.717, 1.165) is 43.7 Å².